The Hall–Kier alpha value is -0.850. The first-order chi connectivity index (χ1) is 9.95. The van der Waals surface area contributed by atoms with Crippen molar-refractivity contribution in [2.75, 3.05) is 7.05 Å². The van der Waals surface area contributed by atoms with E-state index in [0.717, 1.165) is 31.5 Å². The average Bonchev–Trinajstić information content (AvgIpc) is 3.03. The van der Waals surface area contributed by atoms with Crippen LogP contribution in [0.4, 0.5) is 0 Å². The molecule has 5 nitrogen and oxygen atoms in total. The molecule has 1 aromatic heterocycles. The summed E-state index contributed by atoms with van der Waals surface area (Å²) in [7, 11) is -1.52. The van der Waals surface area contributed by atoms with Crippen LogP contribution in [0.2, 0.25) is 0 Å². The van der Waals surface area contributed by atoms with Crippen molar-refractivity contribution in [3.8, 4) is 0 Å². The van der Waals surface area contributed by atoms with Crippen LogP contribution in [0.5, 0.6) is 0 Å². The van der Waals surface area contributed by atoms with E-state index >= 15 is 0 Å². The second-order valence-corrected chi connectivity index (χ2v) is 7.65. The number of nitrogens with one attached hydrogen (secondary N) is 1. The van der Waals surface area contributed by atoms with E-state index < -0.39 is 10.0 Å². The van der Waals surface area contributed by atoms with Crippen molar-refractivity contribution >= 4 is 10.0 Å². The molecule has 0 spiro atoms. The minimum absolute atomic E-state index is 0.0951. The fourth-order valence-electron chi connectivity index (χ4n) is 3.28. The highest BCUT2D eigenvalue weighted by Crippen LogP contribution is 2.33. The first-order valence-corrected chi connectivity index (χ1v) is 9.26. The molecule has 0 radical (unpaired) electrons. The van der Waals surface area contributed by atoms with Crippen LogP contribution in [0.1, 0.15) is 45.7 Å². The maximum Gasteiger partial charge on any atom is 0.245 e. The fraction of sp³-hybridized carbons (Fsp3) is 0.733. The molecular weight excluding hydrogens is 286 g/mol. The molecule has 0 saturated carbocycles. The molecular formula is C15H27N3O2S. The summed E-state index contributed by atoms with van der Waals surface area (Å²) in [6.45, 7) is 7.56. The summed E-state index contributed by atoms with van der Waals surface area (Å²) in [4.78, 5) is 0.432. The third-order valence-corrected chi connectivity index (χ3v) is 6.45. The van der Waals surface area contributed by atoms with Crippen LogP contribution in [-0.4, -0.2) is 36.4 Å². The minimum Gasteiger partial charge on any atom is -0.349 e. The molecule has 0 amide bonds. The molecule has 1 aromatic rings. The summed E-state index contributed by atoms with van der Waals surface area (Å²) in [5.74, 6) is 0. The largest absolute Gasteiger partial charge is 0.349 e. The van der Waals surface area contributed by atoms with Crippen molar-refractivity contribution in [1.82, 2.24) is 14.2 Å². The molecule has 21 heavy (non-hydrogen) atoms. The van der Waals surface area contributed by atoms with Gasteiger partial charge in [0, 0.05) is 37.1 Å². The van der Waals surface area contributed by atoms with E-state index in [2.05, 4.69) is 12.2 Å². The SMILES string of the molecule is CCC1CCC(C)N1S(=O)(=O)c1cc(CNC)n(CC)c1. The van der Waals surface area contributed by atoms with Crippen molar-refractivity contribution < 1.29 is 8.42 Å². The fourth-order valence-corrected chi connectivity index (χ4v) is 5.29. The van der Waals surface area contributed by atoms with Crippen LogP contribution in [0, 0.1) is 0 Å². The number of hydrogen-bond acceptors (Lipinski definition) is 3. The molecule has 1 N–H and O–H groups in total. The first kappa shape index (κ1) is 16.5. The molecule has 0 bridgehead atoms. The molecule has 2 atom stereocenters. The second kappa shape index (κ2) is 6.50. The Morgan fingerprint density at radius 3 is 2.62 bits per heavy atom. The van der Waals surface area contributed by atoms with E-state index in [9.17, 15) is 8.42 Å². The monoisotopic (exact) mass is 313 g/mol. The number of rotatable bonds is 6. The van der Waals surface area contributed by atoms with Crippen molar-refractivity contribution in [2.24, 2.45) is 0 Å². The Morgan fingerprint density at radius 1 is 1.33 bits per heavy atom. The van der Waals surface area contributed by atoms with Gasteiger partial charge in [-0.15, -0.1) is 0 Å². The average molecular weight is 313 g/mol. The lowest BCUT2D eigenvalue weighted by molar-refractivity contribution is 0.328. The van der Waals surface area contributed by atoms with Gasteiger partial charge in [0.25, 0.3) is 0 Å². The zero-order valence-corrected chi connectivity index (χ0v) is 14.3. The van der Waals surface area contributed by atoms with Crippen LogP contribution in [-0.2, 0) is 23.1 Å². The van der Waals surface area contributed by atoms with Gasteiger partial charge in [-0.25, -0.2) is 8.42 Å². The zero-order valence-electron chi connectivity index (χ0n) is 13.5. The Morgan fingerprint density at radius 2 is 2.05 bits per heavy atom. The smallest absolute Gasteiger partial charge is 0.245 e. The van der Waals surface area contributed by atoms with Gasteiger partial charge in [0.15, 0.2) is 0 Å². The molecule has 1 aliphatic rings. The van der Waals surface area contributed by atoms with Gasteiger partial charge in [0.05, 0.1) is 0 Å². The van der Waals surface area contributed by atoms with Gasteiger partial charge >= 0.3 is 0 Å². The maximum atomic E-state index is 13.0. The summed E-state index contributed by atoms with van der Waals surface area (Å²) in [6, 6.07) is 2.05. The van der Waals surface area contributed by atoms with E-state index in [0.29, 0.717) is 11.4 Å². The van der Waals surface area contributed by atoms with Gasteiger partial charge in [0.2, 0.25) is 10.0 Å². The number of sulfonamides is 1. The Balaban J connectivity index is 2.39. The zero-order chi connectivity index (χ0) is 15.6. The molecule has 2 unspecified atom stereocenters. The molecule has 6 heteroatoms. The second-order valence-electron chi connectivity index (χ2n) is 5.81. The van der Waals surface area contributed by atoms with Crippen molar-refractivity contribution in [3.63, 3.8) is 0 Å². The van der Waals surface area contributed by atoms with Gasteiger partial charge in [-0.2, -0.15) is 4.31 Å². The Kier molecular flexibility index (Phi) is 5.11. The third-order valence-electron chi connectivity index (χ3n) is 4.42. The number of nitrogens with zero attached hydrogens (tertiary/aromatic N) is 2. The van der Waals surface area contributed by atoms with E-state index in [1.807, 2.05) is 31.5 Å². The summed E-state index contributed by atoms with van der Waals surface area (Å²) in [5, 5.41) is 3.09. The van der Waals surface area contributed by atoms with Gasteiger partial charge < -0.3 is 9.88 Å². The standard InChI is InChI=1S/C15H27N3O2S/c1-5-13-8-7-12(3)18(13)21(19,20)15-9-14(10-16-4)17(6-2)11-15/h9,11-13,16H,5-8,10H2,1-4H3. The molecule has 2 heterocycles. The lowest BCUT2D eigenvalue weighted by Gasteiger charge is -2.26. The highest BCUT2D eigenvalue weighted by atomic mass is 32.2. The summed E-state index contributed by atoms with van der Waals surface area (Å²) < 4.78 is 29.7. The molecule has 120 valence electrons. The molecule has 1 aliphatic heterocycles. The summed E-state index contributed by atoms with van der Waals surface area (Å²) in [6.07, 6.45) is 4.57. The van der Waals surface area contributed by atoms with Crippen LogP contribution in [0.3, 0.4) is 0 Å². The van der Waals surface area contributed by atoms with Gasteiger partial charge in [-0.1, -0.05) is 6.92 Å². The lowest BCUT2D eigenvalue weighted by atomic mass is 10.2. The highest BCUT2D eigenvalue weighted by molar-refractivity contribution is 7.89. The van der Waals surface area contributed by atoms with E-state index in [1.165, 1.54) is 0 Å². The molecule has 2 rings (SSSR count). The third kappa shape index (κ3) is 3.03. The van der Waals surface area contributed by atoms with Crippen LogP contribution in [0.25, 0.3) is 0 Å². The molecule has 1 fully saturated rings. The number of hydrogen-bond donors (Lipinski definition) is 1. The Bertz CT molecular complexity index is 580. The topological polar surface area (TPSA) is 54.3 Å². The minimum atomic E-state index is -3.39. The molecule has 0 aromatic carbocycles. The predicted octanol–water partition coefficient (Wildman–Crippen LogP) is 2.18. The predicted molar refractivity (Wildman–Crippen MR) is 84.7 cm³/mol. The van der Waals surface area contributed by atoms with Gasteiger partial charge in [-0.05, 0) is 46.2 Å². The maximum absolute atomic E-state index is 13.0. The van der Waals surface area contributed by atoms with Crippen molar-refractivity contribution in [3.05, 3.63) is 18.0 Å². The quantitative estimate of drug-likeness (QED) is 0.876. The normalized spacial score (nSPS) is 23.8. The van der Waals surface area contributed by atoms with E-state index in [1.54, 1.807) is 10.5 Å². The van der Waals surface area contributed by atoms with E-state index in [4.69, 9.17) is 0 Å². The summed E-state index contributed by atoms with van der Waals surface area (Å²) in [5.41, 5.74) is 1.01. The van der Waals surface area contributed by atoms with Gasteiger partial charge in [0.1, 0.15) is 4.90 Å². The number of aromatic nitrogens is 1. The van der Waals surface area contributed by atoms with E-state index in [-0.39, 0.29) is 12.1 Å². The Labute approximate surface area is 128 Å². The number of aryl methyl sites for hydroxylation is 1. The van der Waals surface area contributed by atoms with Crippen molar-refractivity contribution in [1.29, 1.82) is 0 Å². The first-order valence-electron chi connectivity index (χ1n) is 7.82. The van der Waals surface area contributed by atoms with Gasteiger partial charge in [-0.3, -0.25) is 0 Å². The molecule has 0 aliphatic carbocycles. The van der Waals surface area contributed by atoms with Crippen LogP contribution in [0.15, 0.2) is 17.2 Å². The molecule has 1 saturated heterocycles. The lowest BCUT2D eigenvalue weighted by Crippen LogP contribution is -2.39. The van der Waals surface area contributed by atoms with Crippen molar-refractivity contribution in [2.45, 2.75) is 70.1 Å². The van der Waals surface area contributed by atoms with Crippen LogP contribution < -0.4 is 5.32 Å². The summed E-state index contributed by atoms with van der Waals surface area (Å²) >= 11 is 0. The highest BCUT2D eigenvalue weighted by Gasteiger charge is 2.39. The van der Waals surface area contributed by atoms with Crippen LogP contribution >= 0.6 is 0 Å².